The normalized spacial score (nSPS) is 10.9. The zero-order valence-corrected chi connectivity index (χ0v) is 14.8. The van der Waals surface area contributed by atoms with E-state index in [1.54, 1.807) is 11.3 Å². The minimum atomic E-state index is 0.804. The van der Waals surface area contributed by atoms with Crippen molar-refractivity contribution in [3.05, 3.63) is 51.2 Å². The second-order valence-corrected chi connectivity index (χ2v) is 6.80. The lowest BCUT2D eigenvalue weighted by Crippen LogP contribution is -2.05. The molecule has 2 heterocycles. The highest BCUT2D eigenvalue weighted by Gasteiger charge is 2.10. The van der Waals surface area contributed by atoms with Gasteiger partial charge in [0.2, 0.25) is 5.13 Å². The summed E-state index contributed by atoms with van der Waals surface area (Å²) in [7, 11) is 0. The Bertz CT molecular complexity index is 766. The van der Waals surface area contributed by atoms with Crippen molar-refractivity contribution < 1.29 is 0 Å². The first kappa shape index (κ1) is 15.2. The Kier molecular flexibility index (Phi) is 4.54. The molecule has 7 heteroatoms. The van der Waals surface area contributed by atoms with Gasteiger partial charge in [-0.3, -0.25) is 4.68 Å². The number of anilines is 2. The highest BCUT2D eigenvalue weighted by atomic mass is 79.9. The van der Waals surface area contributed by atoms with Gasteiger partial charge in [-0.2, -0.15) is 5.10 Å². The van der Waals surface area contributed by atoms with Crippen molar-refractivity contribution in [1.82, 2.24) is 20.0 Å². The molecule has 0 spiro atoms. The fraction of sp³-hybridized carbons (Fsp3) is 0.267. The topological polar surface area (TPSA) is 55.6 Å². The summed E-state index contributed by atoms with van der Waals surface area (Å²) in [4.78, 5) is 0. The molecule has 1 N–H and O–H groups in total. The molecule has 0 aliphatic heterocycles. The lowest BCUT2D eigenvalue weighted by molar-refractivity contribution is 0.591. The molecule has 22 heavy (non-hydrogen) atoms. The average molecular weight is 378 g/mol. The van der Waals surface area contributed by atoms with E-state index >= 15 is 0 Å². The van der Waals surface area contributed by atoms with Gasteiger partial charge in [0.1, 0.15) is 5.01 Å². The first-order chi connectivity index (χ1) is 10.6. The number of benzene rings is 1. The van der Waals surface area contributed by atoms with Gasteiger partial charge in [-0.25, -0.2) is 0 Å². The predicted octanol–water partition coefficient (Wildman–Crippen LogP) is 4.10. The van der Waals surface area contributed by atoms with Gasteiger partial charge in [0.25, 0.3) is 0 Å². The molecule has 0 saturated heterocycles. The molecule has 1 aromatic carbocycles. The van der Waals surface area contributed by atoms with Crippen LogP contribution in [0, 0.1) is 13.8 Å². The van der Waals surface area contributed by atoms with Crippen molar-refractivity contribution in [2.24, 2.45) is 0 Å². The molecule has 3 aromatic rings. The molecule has 114 valence electrons. The smallest absolute Gasteiger partial charge is 0.210 e. The van der Waals surface area contributed by atoms with Crippen LogP contribution in [-0.4, -0.2) is 20.0 Å². The van der Waals surface area contributed by atoms with Gasteiger partial charge in [-0.15, -0.1) is 10.2 Å². The Balaban J connectivity index is 1.63. The Hall–Kier alpha value is -1.73. The van der Waals surface area contributed by atoms with E-state index in [2.05, 4.69) is 43.5 Å². The van der Waals surface area contributed by atoms with E-state index in [9.17, 15) is 0 Å². The standard InChI is InChI=1S/C15H16BrN5S/c1-10-14(16)11(2)21(20-10)9-8-13-18-19-15(22-13)17-12-6-4-3-5-7-12/h3-7H,8-9H2,1-2H3,(H,17,19). The monoisotopic (exact) mass is 377 g/mol. The van der Waals surface area contributed by atoms with Crippen LogP contribution in [0.15, 0.2) is 34.8 Å². The molecule has 0 amide bonds. The summed E-state index contributed by atoms with van der Waals surface area (Å²) in [5, 5.41) is 18.0. The minimum absolute atomic E-state index is 0.804. The van der Waals surface area contributed by atoms with Gasteiger partial charge >= 0.3 is 0 Å². The first-order valence-corrected chi connectivity index (χ1v) is 8.58. The lowest BCUT2D eigenvalue weighted by Gasteiger charge is -2.02. The first-order valence-electron chi connectivity index (χ1n) is 6.97. The van der Waals surface area contributed by atoms with Gasteiger partial charge in [-0.1, -0.05) is 29.5 Å². The summed E-state index contributed by atoms with van der Waals surface area (Å²) in [6.07, 6.45) is 0.822. The van der Waals surface area contributed by atoms with Crippen molar-refractivity contribution >= 4 is 38.1 Å². The SMILES string of the molecule is Cc1nn(CCc2nnc(Nc3ccccc3)s2)c(C)c1Br. The number of hydrogen-bond acceptors (Lipinski definition) is 5. The van der Waals surface area contributed by atoms with Crippen LogP contribution in [0.25, 0.3) is 0 Å². The van der Waals surface area contributed by atoms with E-state index in [1.165, 1.54) is 0 Å². The molecule has 0 aliphatic rings. The van der Waals surface area contributed by atoms with Gasteiger partial charge in [-0.05, 0) is 41.9 Å². The van der Waals surface area contributed by atoms with E-state index in [4.69, 9.17) is 0 Å². The number of nitrogens with zero attached hydrogens (tertiary/aromatic N) is 4. The highest BCUT2D eigenvalue weighted by molar-refractivity contribution is 9.10. The summed E-state index contributed by atoms with van der Waals surface area (Å²) >= 11 is 5.13. The van der Waals surface area contributed by atoms with Crippen LogP contribution in [-0.2, 0) is 13.0 Å². The molecule has 0 atom stereocenters. The number of aryl methyl sites for hydroxylation is 3. The zero-order valence-electron chi connectivity index (χ0n) is 12.4. The van der Waals surface area contributed by atoms with Crippen LogP contribution in [0.5, 0.6) is 0 Å². The lowest BCUT2D eigenvalue weighted by atomic mass is 10.3. The molecule has 0 radical (unpaired) electrons. The van der Waals surface area contributed by atoms with Gasteiger partial charge in [0, 0.05) is 24.3 Å². The third-order valence-electron chi connectivity index (χ3n) is 3.32. The van der Waals surface area contributed by atoms with Crippen molar-refractivity contribution in [3.63, 3.8) is 0 Å². The van der Waals surface area contributed by atoms with E-state index in [1.807, 2.05) is 41.9 Å². The Labute approximate surface area is 141 Å². The zero-order chi connectivity index (χ0) is 15.5. The molecule has 0 unspecified atom stereocenters. The molecule has 0 aliphatic carbocycles. The maximum Gasteiger partial charge on any atom is 0.210 e. The van der Waals surface area contributed by atoms with Gasteiger partial charge < -0.3 is 5.32 Å². The Morgan fingerprint density at radius 1 is 1.18 bits per heavy atom. The predicted molar refractivity (Wildman–Crippen MR) is 92.7 cm³/mol. The van der Waals surface area contributed by atoms with Crippen molar-refractivity contribution in [2.75, 3.05) is 5.32 Å². The summed E-state index contributed by atoms with van der Waals surface area (Å²) in [5.41, 5.74) is 3.18. The maximum atomic E-state index is 4.51. The second-order valence-electron chi connectivity index (χ2n) is 4.95. The van der Waals surface area contributed by atoms with Crippen LogP contribution in [0.2, 0.25) is 0 Å². The number of para-hydroxylation sites is 1. The van der Waals surface area contributed by atoms with Crippen LogP contribution < -0.4 is 5.32 Å². The minimum Gasteiger partial charge on any atom is -0.330 e. The van der Waals surface area contributed by atoms with Crippen LogP contribution in [0.4, 0.5) is 10.8 Å². The van der Waals surface area contributed by atoms with Crippen LogP contribution >= 0.6 is 27.3 Å². The third kappa shape index (κ3) is 3.36. The quantitative estimate of drug-likeness (QED) is 0.726. The molecule has 5 nitrogen and oxygen atoms in total. The number of rotatable bonds is 5. The van der Waals surface area contributed by atoms with E-state index in [-0.39, 0.29) is 0 Å². The molecule has 0 saturated carbocycles. The number of aromatic nitrogens is 4. The molecular weight excluding hydrogens is 362 g/mol. The van der Waals surface area contributed by atoms with E-state index in [0.717, 1.165) is 44.7 Å². The summed E-state index contributed by atoms with van der Waals surface area (Å²) < 4.78 is 3.08. The highest BCUT2D eigenvalue weighted by Crippen LogP contribution is 2.22. The third-order valence-corrected chi connectivity index (χ3v) is 5.37. The second kappa shape index (κ2) is 6.58. The maximum absolute atomic E-state index is 4.51. The molecule has 0 fully saturated rings. The summed E-state index contributed by atoms with van der Waals surface area (Å²) in [5.74, 6) is 0. The Morgan fingerprint density at radius 3 is 2.64 bits per heavy atom. The van der Waals surface area contributed by atoms with Gasteiger partial charge in [0.05, 0.1) is 10.2 Å². The van der Waals surface area contributed by atoms with Crippen LogP contribution in [0.3, 0.4) is 0 Å². The molecule has 3 rings (SSSR count). The van der Waals surface area contributed by atoms with Crippen LogP contribution in [0.1, 0.15) is 16.4 Å². The largest absolute Gasteiger partial charge is 0.330 e. The van der Waals surface area contributed by atoms with Crippen molar-refractivity contribution in [2.45, 2.75) is 26.8 Å². The fourth-order valence-corrected chi connectivity index (χ4v) is 3.18. The number of hydrogen-bond donors (Lipinski definition) is 1. The average Bonchev–Trinajstić information content (AvgIpc) is 3.06. The summed E-state index contributed by atoms with van der Waals surface area (Å²) in [6.45, 7) is 4.87. The Morgan fingerprint density at radius 2 is 1.95 bits per heavy atom. The van der Waals surface area contributed by atoms with E-state index < -0.39 is 0 Å². The van der Waals surface area contributed by atoms with Crippen molar-refractivity contribution in [3.8, 4) is 0 Å². The molecule has 0 bridgehead atoms. The molecule has 2 aromatic heterocycles. The van der Waals surface area contributed by atoms with Crippen molar-refractivity contribution in [1.29, 1.82) is 0 Å². The number of nitrogens with one attached hydrogen (secondary N) is 1. The van der Waals surface area contributed by atoms with E-state index in [0.29, 0.717) is 0 Å². The molecular formula is C15H16BrN5S. The van der Waals surface area contributed by atoms with Gasteiger partial charge in [0.15, 0.2) is 0 Å². The summed E-state index contributed by atoms with van der Waals surface area (Å²) in [6, 6.07) is 9.99. The fourth-order valence-electron chi connectivity index (χ4n) is 2.14. The number of halogens is 1.